The van der Waals surface area contributed by atoms with Gasteiger partial charge in [0.25, 0.3) is 5.91 Å². The predicted molar refractivity (Wildman–Crippen MR) is 91.0 cm³/mol. The fourth-order valence-electron chi connectivity index (χ4n) is 2.71. The fraction of sp³-hybridized carbons (Fsp3) is 0.562. The number of halogens is 2. The third-order valence-corrected chi connectivity index (χ3v) is 5.19. The Morgan fingerprint density at radius 2 is 1.90 bits per heavy atom. The molecule has 1 aromatic rings. The first-order valence-corrected chi connectivity index (χ1v) is 8.81. The van der Waals surface area contributed by atoms with E-state index >= 15 is 0 Å². The Hall–Kier alpha value is -0.580. The molecule has 0 unspecified atom stereocenters. The highest BCUT2D eigenvalue weighted by atomic mass is 79.9. The molecule has 1 amide bonds. The Morgan fingerprint density at radius 3 is 2.62 bits per heavy atom. The second-order valence-electron chi connectivity index (χ2n) is 5.50. The summed E-state index contributed by atoms with van der Waals surface area (Å²) in [6.45, 7) is 1.43. The molecule has 5 heteroatoms. The van der Waals surface area contributed by atoms with Crippen LogP contribution in [0.15, 0.2) is 22.7 Å². The van der Waals surface area contributed by atoms with Crippen LogP contribution >= 0.6 is 27.5 Å². The van der Waals surface area contributed by atoms with E-state index in [1.165, 1.54) is 38.5 Å². The van der Waals surface area contributed by atoms with Crippen molar-refractivity contribution in [1.82, 2.24) is 10.6 Å². The molecule has 2 N–H and O–H groups in total. The highest BCUT2D eigenvalue weighted by Crippen LogP contribution is 2.25. The number of carbonyl (C=O) groups excluding carboxylic acids is 1. The van der Waals surface area contributed by atoms with Crippen LogP contribution in [0.25, 0.3) is 0 Å². The SMILES string of the molecule is O=C(NCCNC1CCCCCC1)c1cccc(Br)c1Cl. The van der Waals surface area contributed by atoms with E-state index in [0.29, 0.717) is 23.2 Å². The molecule has 0 aliphatic heterocycles. The monoisotopic (exact) mass is 372 g/mol. The van der Waals surface area contributed by atoms with E-state index in [-0.39, 0.29) is 5.91 Å². The first kappa shape index (κ1) is 16.8. The molecule has 0 atom stereocenters. The predicted octanol–water partition coefficient (Wildman–Crippen LogP) is 4.14. The van der Waals surface area contributed by atoms with E-state index in [1.807, 2.05) is 12.1 Å². The maximum Gasteiger partial charge on any atom is 0.252 e. The Labute approximate surface area is 140 Å². The van der Waals surface area contributed by atoms with Crippen LogP contribution in [-0.4, -0.2) is 25.0 Å². The van der Waals surface area contributed by atoms with Crippen molar-refractivity contribution in [3.63, 3.8) is 0 Å². The van der Waals surface area contributed by atoms with Crippen molar-refractivity contribution >= 4 is 33.4 Å². The molecular weight excluding hydrogens is 352 g/mol. The van der Waals surface area contributed by atoms with Gasteiger partial charge in [-0.1, -0.05) is 43.4 Å². The zero-order valence-electron chi connectivity index (χ0n) is 12.1. The van der Waals surface area contributed by atoms with E-state index in [1.54, 1.807) is 6.07 Å². The van der Waals surface area contributed by atoms with Crippen molar-refractivity contribution in [2.75, 3.05) is 13.1 Å². The Kier molecular flexibility index (Phi) is 7.00. The molecule has 1 aliphatic carbocycles. The lowest BCUT2D eigenvalue weighted by molar-refractivity contribution is 0.0953. The van der Waals surface area contributed by atoms with E-state index < -0.39 is 0 Å². The molecule has 1 fully saturated rings. The summed E-state index contributed by atoms with van der Waals surface area (Å²) in [5.74, 6) is -0.121. The van der Waals surface area contributed by atoms with E-state index in [2.05, 4.69) is 26.6 Å². The van der Waals surface area contributed by atoms with Crippen molar-refractivity contribution in [3.05, 3.63) is 33.3 Å². The summed E-state index contributed by atoms with van der Waals surface area (Å²) in [6, 6.07) is 5.99. The molecule has 2 rings (SSSR count). The van der Waals surface area contributed by atoms with Crippen LogP contribution in [0.1, 0.15) is 48.9 Å². The lowest BCUT2D eigenvalue weighted by atomic mass is 10.1. The molecule has 0 bridgehead atoms. The molecule has 116 valence electrons. The number of carbonyl (C=O) groups is 1. The molecule has 0 aromatic heterocycles. The third-order valence-electron chi connectivity index (χ3n) is 3.89. The molecule has 0 radical (unpaired) electrons. The van der Waals surface area contributed by atoms with Crippen molar-refractivity contribution in [2.45, 2.75) is 44.6 Å². The van der Waals surface area contributed by atoms with Gasteiger partial charge in [0.2, 0.25) is 0 Å². The number of benzene rings is 1. The standard InChI is InChI=1S/C16H22BrClN2O/c17-14-9-5-8-13(15(14)18)16(21)20-11-10-19-12-6-3-1-2-4-7-12/h5,8-9,12,19H,1-4,6-7,10-11H2,(H,20,21). The fourth-order valence-corrected chi connectivity index (χ4v) is 3.29. The van der Waals surface area contributed by atoms with Gasteiger partial charge in [0.05, 0.1) is 10.6 Å². The number of nitrogens with one attached hydrogen (secondary N) is 2. The average Bonchev–Trinajstić information content (AvgIpc) is 2.75. The number of amides is 1. The van der Waals surface area contributed by atoms with E-state index in [0.717, 1.165) is 11.0 Å². The molecule has 1 saturated carbocycles. The minimum Gasteiger partial charge on any atom is -0.351 e. The van der Waals surface area contributed by atoms with Crippen molar-refractivity contribution in [2.24, 2.45) is 0 Å². The van der Waals surface area contributed by atoms with Gasteiger partial charge in [0, 0.05) is 23.6 Å². The average molecular weight is 374 g/mol. The van der Waals surface area contributed by atoms with E-state index in [4.69, 9.17) is 11.6 Å². The maximum atomic E-state index is 12.1. The first-order valence-electron chi connectivity index (χ1n) is 7.64. The second kappa shape index (κ2) is 8.76. The van der Waals surface area contributed by atoms with Crippen LogP contribution in [0.2, 0.25) is 5.02 Å². The number of hydrogen-bond acceptors (Lipinski definition) is 2. The summed E-state index contributed by atoms with van der Waals surface area (Å²) < 4.78 is 0.744. The van der Waals surface area contributed by atoms with Crippen LogP contribution in [0.4, 0.5) is 0 Å². The van der Waals surface area contributed by atoms with Crippen molar-refractivity contribution in [1.29, 1.82) is 0 Å². The summed E-state index contributed by atoms with van der Waals surface area (Å²) in [7, 11) is 0. The largest absolute Gasteiger partial charge is 0.351 e. The lowest BCUT2D eigenvalue weighted by Crippen LogP contribution is -2.36. The quantitative estimate of drug-likeness (QED) is 0.601. The zero-order chi connectivity index (χ0) is 15.1. The third kappa shape index (κ3) is 5.28. The molecule has 3 nitrogen and oxygen atoms in total. The summed E-state index contributed by atoms with van der Waals surface area (Å²) in [5, 5.41) is 6.92. The molecule has 1 aromatic carbocycles. The van der Waals surface area contributed by atoms with Gasteiger partial charge in [-0.3, -0.25) is 4.79 Å². The second-order valence-corrected chi connectivity index (χ2v) is 6.73. The highest BCUT2D eigenvalue weighted by Gasteiger charge is 2.13. The molecule has 0 saturated heterocycles. The Morgan fingerprint density at radius 1 is 1.19 bits per heavy atom. The van der Waals surface area contributed by atoms with Gasteiger partial charge in [-0.2, -0.15) is 0 Å². The van der Waals surface area contributed by atoms with Crippen LogP contribution in [-0.2, 0) is 0 Å². The van der Waals surface area contributed by atoms with Gasteiger partial charge in [-0.15, -0.1) is 0 Å². The van der Waals surface area contributed by atoms with Gasteiger partial charge in [0.15, 0.2) is 0 Å². The molecule has 0 heterocycles. The first-order chi connectivity index (χ1) is 10.2. The van der Waals surface area contributed by atoms with Gasteiger partial charge < -0.3 is 10.6 Å². The number of hydrogen-bond donors (Lipinski definition) is 2. The van der Waals surface area contributed by atoms with Gasteiger partial charge in [-0.05, 0) is 40.9 Å². The smallest absolute Gasteiger partial charge is 0.252 e. The van der Waals surface area contributed by atoms with Gasteiger partial charge in [-0.25, -0.2) is 0 Å². The summed E-state index contributed by atoms with van der Waals surface area (Å²) >= 11 is 9.45. The minimum atomic E-state index is -0.121. The molecule has 1 aliphatic rings. The van der Waals surface area contributed by atoms with Crippen LogP contribution in [0.5, 0.6) is 0 Å². The molecule has 21 heavy (non-hydrogen) atoms. The Bertz CT molecular complexity index is 473. The highest BCUT2D eigenvalue weighted by molar-refractivity contribution is 9.10. The number of rotatable bonds is 5. The summed E-state index contributed by atoms with van der Waals surface area (Å²) in [4.78, 5) is 12.1. The maximum absolute atomic E-state index is 12.1. The topological polar surface area (TPSA) is 41.1 Å². The lowest BCUT2D eigenvalue weighted by Gasteiger charge is -2.16. The minimum absolute atomic E-state index is 0.121. The van der Waals surface area contributed by atoms with Gasteiger partial charge >= 0.3 is 0 Å². The van der Waals surface area contributed by atoms with Crippen molar-refractivity contribution < 1.29 is 4.79 Å². The van der Waals surface area contributed by atoms with E-state index in [9.17, 15) is 4.79 Å². The van der Waals surface area contributed by atoms with Crippen LogP contribution < -0.4 is 10.6 Å². The normalized spacial score (nSPS) is 16.5. The summed E-state index contributed by atoms with van der Waals surface area (Å²) in [6.07, 6.45) is 7.86. The Balaban J connectivity index is 1.73. The van der Waals surface area contributed by atoms with Crippen LogP contribution in [0, 0.1) is 0 Å². The summed E-state index contributed by atoms with van der Waals surface area (Å²) in [5.41, 5.74) is 0.514. The molecular formula is C16H22BrClN2O. The van der Waals surface area contributed by atoms with Gasteiger partial charge in [0.1, 0.15) is 0 Å². The van der Waals surface area contributed by atoms with Crippen molar-refractivity contribution in [3.8, 4) is 0 Å². The molecule has 0 spiro atoms. The zero-order valence-corrected chi connectivity index (χ0v) is 14.5. The van der Waals surface area contributed by atoms with Crippen LogP contribution in [0.3, 0.4) is 0 Å².